The summed E-state index contributed by atoms with van der Waals surface area (Å²) in [5, 5.41) is 5.39. The summed E-state index contributed by atoms with van der Waals surface area (Å²) in [6.45, 7) is 3.76. The number of anilines is 1. The van der Waals surface area contributed by atoms with Gasteiger partial charge >= 0.3 is 0 Å². The summed E-state index contributed by atoms with van der Waals surface area (Å²) < 4.78 is 7.75. The second-order valence-electron chi connectivity index (χ2n) is 5.98. The predicted octanol–water partition coefficient (Wildman–Crippen LogP) is 3.93. The quantitative estimate of drug-likeness (QED) is 0.796. The highest BCUT2D eigenvalue weighted by molar-refractivity contribution is 6.10. The van der Waals surface area contributed by atoms with E-state index in [1.54, 1.807) is 0 Å². The topological polar surface area (TPSA) is 43.3 Å². The molecule has 2 heterocycles. The van der Waals surface area contributed by atoms with Crippen LogP contribution in [0.1, 0.15) is 19.8 Å². The summed E-state index contributed by atoms with van der Waals surface area (Å²) in [5.41, 5.74) is 3.26. The fourth-order valence-corrected chi connectivity index (χ4v) is 3.48. The fraction of sp³-hybridized carbons (Fsp3) is 0.316. The summed E-state index contributed by atoms with van der Waals surface area (Å²) in [6, 6.07) is 14.5. The molecule has 0 radical (unpaired) electrons. The standard InChI is InChI=1S/C19H20N2O2/c1-2-21-16-7-4-3-6-14(16)15-12-13(9-10-17(15)21)20-19(22)18-8-5-11-23-18/h3-4,6-7,9-10,12,18H,2,5,8,11H2,1H3,(H,20,22)/t18-/m0/s1. The Bertz CT molecular complexity index is 876. The number of benzene rings is 2. The molecule has 3 aromatic rings. The van der Waals surface area contributed by atoms with Crippen molar-refractivity contribution in [1.29, 1.82) is 0 Å². The van der Waals surface area contributed by atoms with Gasteiger partial charge in [0.25, 0.3) is 5.91 Å². The molecule has 0 saturated carbocycles. The van der Waals surface area contributed by atoms with Crippen LogP contribution in [0.4, 0.5) is 5.69 Å². The van der Waals surface area contributed by atoms with Crippen molar-refractivity contribution in [1.82, 2.24) is 4.57 Å². The summed E-state index contributed by atoms with van der Waals surface area (Å²) in [4.78, 5) is 12.2. The largest absolute Gasteiger partial charge is 0.368 e. The average molecular weight is 308 g/mol. The third-order valence-electron chi connectivity index (χ3n) is 4.58. The molecule has 0 spiro atoms. The highest BCUT2D eigenvalue weighted by Crippen LogP contribution is 2.31. The third kappa shape index (κ3) is 2.39. The summed E-state index contributed by atoms with van der Waals surface area (Å²) in [6.07, 6.45) is 1.47. The van der Waals surface area contributed by atoms with Crippen LogP contribution in [-0.2, 0) is 16.1 Å². The molecule has 23 heavy (non-hydrogen) atoms. The molecule has 1 aliphatic heterocycles. The SMILES string of the molecule is CCn1c2ccccc2c2cc(NC(=O)[C@@H]3CCCO3)ccc21. The smallest absolute Gasteiger partial charge is 0.253 e. The van der Waals surface area contributed by atoms with Crippen LogP contribution >= 0.6 is 0 Å². The Labute approximate surface area is 135 Å². The van der Waals surface area contributed by atoms with E-state index >= 15 is 0 Å². The number of aryl methyl sites for hydroxylation is 1. The van der Waals surface area contributed by atoms with E-state index in [4.69, 9.17) is 4.74 Å². The third-order valence-corrected chi connectivity index (χ3v) is 4.58. The molecule has 0 bridgehead atoms. The first-order valence-electron chi connectivity index (χ1n) is 8.21. The summed E-state index contributed by atoms with van der Waals surface area (Å²) in [5.74, 6) is -0.0407. The van der Waals surface area contributed by atoms with E-state index in [1.807, 2.05) is 6.07 Å². The van der Waals surface area contributed by atoms with Gasteiger partial charge in [-0.15, -0.1) is 0 Å². The van der Waals surface area contributed by atoms with Crippen molar-refractivity contribution >= 4 is 33.4 Å². The highest BCUT2D eigenvalue weighted by Gasteiger charge is 2.23. The first kappa shape index (κ1) is 14.3. The van der Waals surface area contributed by atoms with Crippen LogP contribution in [0.25, 0.3) is 21.8 Å². The number of ether oxygens (including phenoxy) is 1. The summed E-state index contributed by atoms with van der Waals surface area (Å²) in [7, 11) is 0. The minimum atomic E-state index is -0.303. The Hall–Kier alpha value is -2.33. The first-order chi connectivity index (χ1) is 11.3. The number of hydrogen-bond donors (Lipinski definition) is 1. The lowest BCUT2D eigenvalue weighted by atomic mass is 10.1. The fourth-order valence-electron chi connectivity index (χ4n) is 3.48. The lowest BCUT2D eigenvalue weighted by molar-refractivity contribution is -0.124. The van der Waals surface area contributed by atoms with Gasteiger partial charge in [0, 0.05) is 40.6 Å². The summed E-state index contributed by atoms with van der Waals surface area (Å²) >= 11 is 0. The van der Waals surface area contributed by atoms with Crippen molar-refractivity contribution in [2.45, 2.75) is 32.4 Å². The van der Waals surface area contributed by atoms with E-state index in [2.05, 4.69) is 53.2 Å². The molecule has 1 aromatic heterocycles. The number of rotatable bonds is 3. The van der Waals surface area contributed by atoms with Crippen LogP contribution in [0.3, 0.4) is 0 Å². The zero-order valence-corrected chi connectivity index (χ0v) is 13.2. The molecule has 1 saturated heterocycles. The molecule has 1 amide bonds. The number of hydrogen-bond acceptors (Lipinski definition) is 2. The molecule has 0 aliphatic carbocycles. The van der Waals surface area contributed by atoms with E-state index in [-0.39, 0.29) is 12.0 Å². The van der Waals surface area contributed by atoms with Gasteiger partial charge in [-0.25, -0.2) is 0 Å². The maximum Gasteiger partial charge on any atom is 0.253 e. The van der Waals surface area contributed by atoms with E-state index in [9.17, 15) is 4.79 Å². The minimum absolute atomic E-state index is 0.0407. The molecular formula is C19H20N2O2. The van der Waals surface area contributed by atoms with Gasteiger partial charge in [0.2, 0.25) is 0 Å². The number of carbonyl (C=O) groups excluding carboxylic acids is 1. The van der Waals surface area contributed by atoms with Gasteiger partial charge in [0.1, 0.15) is 6.10 Å². The van der Waals surface area contributed by atoms with Gasteiger partial charge in [0.15, 0.2) is 0 Å². The van der Waals surface area contributed by atoms with Gasteiger partial charge in [-0.3, -0.25) is 4.79 Å². The van der Waals surface area contributed by atoms with Crippen LogP contribution in [0, 0.1) is 0 Å². The molecule has 1 N–H and O–H groups in total. The van der Waals surface area contributed by atoms with Gasteiger partial charge in [-0.2, -0.15) is 0 Å². The monoisotopic (exact) mass is 308 g/mol. The van der Waals surface area contributed by atoms with Crippen LogP contribution < -0.4 is 5.32 Å². The molecule has 1 fully saturated rings. The van der Waals surface area contributed by atoms with E-state index < -0.39 is 0 Å². The van der Waals surface area contributed by atoms with Crippen LogP contribution in [-0.4, -0.2) is 23.2 Å². The van der Waals surface area contributed by atoms with Crippen molar-refractivity contribution in [3.63, 3.8) is 0 Å². The van der Waals surface area contributed by atoms with Crippen LogP contribution in [0.5, 0.6) is 0 Å². The van der Waals surface area contributed by atoms with Crippen molar-refractivity contribution in [3.8, 4) is 0 Å². The van der Waals surface area contributed by atoms with Gasteiger partial charge in [-0.1, -0.05) is 18.2 Å². The zero-order chi connectivity index (χ0) is 15.8. The molecule has 4 nitrogen and oxygen atoms in total. The maximum atomic E-state index is 12.2. The molecule has 0 unspecified atom stereocenters. The number of amides is 1. The molecule has 1 aliphatic rings. The molecule has 2 aromatic carbocycles. The van der Waals surface area contributed by atoms with Crippen molar-refractivity contribution < 1.29 is 9.53 Å². The Balaban J connectivity index is 1.75. The van der Waals surface area contributed by atoms with Crippen LogP contribution in [0.15, 0.2) is 42.5 Å². The Morgan fingerprint density at radius 1 is 1.22 bits per heavy atom. The predicted molar refractivity (Wildman–Crippen MR) is 92.7 cm³/mol. The molecule has 1 atom stereocenters. The second kappa shape index (κ2) is 5.70. The van der Waals surface area contributed by atoms with Gasteiger partial charge < -0.3 is 14.6 Å². The van der Waals surface area contributed by atoms with Crippen molar-refractivity contribution in [3.05, 3.63) is 42.5 Å². The first-order valence-corrected chi connectivity index (χ1v) is 8.21. The number of nitrogens with zero attached hydrogens (tertiary/aromatic N) is 1. The van der Waals surface area contributed by atoms with E-state index in [0.29, 0.717) is 6.61 Å². The Kier molecular flexibility index (Phi) is 3.54. The minimum Gasteiger partial charge on any atom is -0.368 e. The van der Waals surface area contributed by atoms with Crippen molar-refractivity contribution in [2.24, 2.45) is 0 Å². The molecule has 4 heteroatoms. The average Bonchev–Trinajstić information content (AvgIpc) is 3.21. The molecule has 118 valence electrons. The number of aromatic nitrogens is 1. The van der Waals surface area contributed by atoms with E-state index in [0.717, 1.165) is 25.1 Å². The van der Waals surface area contributed by atoms with Crippen LogP contribution in [0.2, 0.25) is 0 Å². The zero-order valence-electron chi connectivity index (χ0n) is 13.2. The maximum absolute atomic E-state index is 12.2. The normalized spacial score (nSPS) is 17.9. The lowest BCUT2D eigenvalue weighted by Gasteiger charge is -2.10. The Morgan fingerprint density at radius 3 is 2.83 bits per heavy atom. The Morgan fingerprint density at radius 2 is 2.04 bits per heavy atom. The molecule has 4 rings (SSSR count). The molecular weight excluding hydrogens is 288 g/mol. The van der Waals surface area contributed by atoms with E-state index in [1.165, 1.54) is 21.8 Å². The number of para-hydroxylation sites is 1. The second-order valence-corrected chi connectivity index (χ2v) is 5.98. The highest BCUT2D eigenvalue weighted by atomic mass is 16.5. The van der Waals surface area contributed by atoms with Gasteiger partial charge in [-0.05, 0) is 44.0 Å². The van der Waals surface area contributed by atoms with Crippen molar-refractivity contribution in [2.75, 3.05) is 11.9 Å². The number of carbonyl (C=O) groups is 1. The number of nitrogens with one attached hydrogen (secondary N) is 1. The number of fused-ring (bicyclic) bond motifs is 3. The van der Waals surface area contributed by atoms with Gasteiger partial charge in [0.05, 0.1) is 0 Å². The lowest BCUT2D eigenvalue weighted by Crippen LogP contribution is -2.26.